The Hall–Kier alpha value is -6.54. The van der Waals surface area contributed by atoms with Crippen LogP contribution in [0.3, 0.4) is 0 Å². The number of hydrogen-bond acceptors (Lipinski definition) is 13. The minimum Gasteiger partial charge on any atom is -0.508 e. The van der Waals surface area contributed by atoms with Gasteiger partial charge in [0.2, 0.25) is 47.3 Å². The van der Waals surface area contributed by atoms with Crippen molar-refractivity contribution in [2.45, 2.75) is 123 Å². The molecule has 67 heavy (non-hydrogen) atoms. The van der Waals surface area contributed by atoms with Crippen LogP contribution in [0.25, 0.3) is 0 Å². The fraction of sp³-hybridized carbons (Fsp3) is 0.609. The molecule has 370 valence electrons. The second kappa shape index (κ2) is 28.5. The number of phenolic OH excluding ortho intramolecular Hbond substituents is 1. The fourth-order valence-electron chi connectivity index (χ4n) is 7.69. The van der Waals surface area contributed by atoms with Crippen LogP contribution in [-0.4, -0.2) is 119 Å². The molecule has 1 aliphatic heterocycles. The molecule has 0 spiro atoms. The smallest absolute Gasteiger partial charge is 0.236 e. The van der Waals surface area contributed by atoms with Crippen molar-refractivity contribution < 1.29 is 62.6 Å². The van der Waals surface area contributed by atoms with Gasteiger partial charge in [-0.1, -0.05) is 52.2 Å². The molecule has 0 unspecified atom stereocenters. The molecule has 0 aromatic heterocycles. The summed E-state index contributed by atoms with van der Waals surface area (Å²) in [7, 11) is 1.27. The number of rotatable bonds is 20. The van der Waals surface area contributed by atoms with Crippen molar-refractivity contribution in [3.8, 4) is 5.75 Å². The number of nitrogens with zero attached hydrogens (tertiary/aromatic N) is 1. The van der Waals surface area contributed by atoms with Crippen LogP contribution in [0.1, 0.15) is 110 Å². The molecular weight excluding hydrogens is 873 g/mol. The molecule has 1 aliphatic rings. The number of likely N-dealkylation sites (N-methyl/N-ethyl adjacent to an activating group) is 1. The topological polar surface area (TPSA) is 354 Å². The molecular formula is C46H68N8O13. The maximum absolute atomic E-state index is 14.1. The van der Waals surface area contributed by atoms with Crippen molar-refractivity contribution in [1.29, 1.82) is 0 Å². The number of nitrogens with two attached hydrogens (primary N) is 3. The summed E-state index contributed by atoms with van der Waals surface area (Å²) < 4.78 is 0. The van der Waals surface area contributed by atoms with Crippen molar-refractivity contribution in [3.05, 3.63) is 29.8 Å². The summed E-state index contributed by atoms with van der Waals surface area (Å²) in [6.07, 6.45) is -2.09. The Morgan fingerprint density at radius 2 is 1.51 bits per heavy atom. The second-order valence-electron chi connectivity index (χ2n) is 17.4. The molecule has 2 rings (SSSR count). The van der Waals surface area contributed by atoms with Crippen LogP contribution in [0.5, 0.6) is 5.75 Å². The van der Waals surface area contributed by atoms with E-state index in [2.05, 4.69) is 21.3 Å². The Morgan fingerprint density at radius 1 is 0.851 bits per heavy atom. The van der Waals surface area contributed by atoms with E-state index in [0.717, 1.165) is 4.90 Å². The van der Waals surface area contributed by atoms with E-state index in [1.54, 1.807) is 26.0 Å². The molecule has 1 aromatic rings. The Balaban J connectivity index is 2.58. The van der Waals surface area contributed by atoms with Crippen LogP contribution in [0.2, 0.25) is 0 Å². The molecule has 0 bridgehead atoms. The first-order chi connectivity index (χ1) is 31.5. The maximum Gasteiger partial charge on any atom is 0.236 e. The van der Waals surface area contributed by atoms with Gasteiger partial charge in [0.15, 0.2) is 23.1 Å². The molecule has 11 N–H and O–H groups in total. The van der Waals surface area contributed by atoms with Gasteiger partial charge in [-0.05, 0) is 49.3 Å². The van der Waals surface area contributed by atoms with Gasteiger partial charge in [0.25, 0.3) is 0 Å². The molecule has 1 heterocycles. The molecule has 1 saturated heterocycles. The quantitative estimate of drug-likeness (QED) is 0.0823. The van der Waals surface area contributed by atoms with Crippen LogP contribution in [0, 0.1) is 29.6 Å². The normalized spacial score (nSPS) is 21.4. The van der Waals surface area contributed by atoms with Gasteiger partial charge in [0.1, 0.15) is 5.75 Å². The first-order valence-corrected chi connectivity index (χ1v) is 22.7. The Labute approximate surface area is 390 Å². The van der Waals surface area contributed by atoms with Gasteiger partial charge in [-0.15, -0.1) is 0 Å². The standard InChI is InChI=1S/C46H68N8O13/c1-5-7-8-28(43(64)51-24-40(49)62)18-34(57)25-54(4)46(67)30-12-16-41(63)50-23-33(56)19-31(17-27-9-13-32(55)14-10-27)45(66)53-42(26(3)6-2)37(59)20-29(11-15-38(47)60)44(65)52-35(22-39(48)61)36(58)21-30/h9-10,13-14,26,28-31,35,42,55H,5-8,11-12,15-25H2,1-4H3,(H2,47,60)(H2,48,61)(H2,49,62)(H,50,63)(H,51,64)(H,52,65)(H,53,66)/t26-,28+,29+,30+,31+,35-,42-/m0/s1. The van der Waals surface area contributed by atoms with Gasteiger partial charge in [0.05, 0.1) is 38.1 Å². The van der Waals surface area contributed by atoms with Gasteiger partial charge in [-0.3, -0.25) is 57.5 Å². The van der Waals surface area contributed by atoms with Crippen molar-refractivity contribution in [1.82, 2.24) is 26.2 Å². The predicted molar refractivity (Wildman–Crippen MR) is 241 cm³/mol. The highest BCUT2D eigenvalue weighted by molar-refractivity contribution is 5.99. The zero-order valence-corrected chi connectivity index (χ0v) is 38.9. The van der Waals surface area contributed by atoms with Crippen LogP contribution >= 0.6 is 0 Å². The van der Waals surface area contributed by atoms with E-state index >= 15 is 0 Å². The van der Waals surface area contributed by atoms with Gasteiger partial charge >= 0.3 is 0 Å². The van der Waals surface area contributed by atoms with Gasteiger partial charge < -0.3 is 48.5 Å². The number of aromatic hydroxyl groups is 1. The summed E-state index contributed by atoms with van der Waals surface area (Å²) in [5.74, 6) is -14.0. The van der Waals surface area contributed by atoms with Crippen LogP contribution in [-0.2, 0) is 64.0 Å². The molecule has 0 aliphatic carbocycles. The molecule has 0 radical (unpaired) electrons. The summed E-state index contributed by atoms with van der Waals surface area (Å²) >= 11 is 0. The monoisotopic (exact) mass is 940 g/mol. The van der Waals surface area contributed by atoms with E-state index in [9.17, 15) is 62.6 Å². The first-order valence-electron chi connectivity index (χ1n) is 22.7. The van der Waals surface area contributed by atoms with Crippen molar-refractivity contribution in [2.24, 2.45) is 46.8 Å². The lowest BCUT2D eigenvalue weighted by atomic mass is 9.86. The highest BCUT2D eigenvalue weighted by Gasteiger charge is 2.36. The zero-order chi connectivity index (χ0) is 50.4. The number of hydrogen-bond donors (Lipinski definition) is 8. The fourth-order valence-corrected chi connectivity index (χ4v) is 7.69. The minimum absolute atomic E-state index is 0.00611. The summed E-state index contributed by atoms with van der Waals surface area (Å²) in [5, 5.41) is 19.9. The molecule has 21 nitrogen and oxygen atoms in total. The van der Waals surface area contributed by atoms with Gasteiger partial charge in [-0.2, -0.15) is 0 Å². The number of nitrogens with one attached hydrogen (secondary N) is 4. The highest BCUT2D eigenvalue weighted by Crippen LogP contribution is 2.23. The number of ketones is 4. The number of carbonyl (C=O) groups is 12. The third kappa shape index (κ3) is 20.7. The zero-order valence-electron chi connectivity index (χ0n) is 38.9. The lowest BCUT2D eigenvalue weighted by Crippen LogP contribution is -2.50. The average molecular weight is 941 g/mol. The number of phenols is 1. The van der Waals surface area contributed by atoms with Crippen molar-refractivity contribution in [2.75, 3.05) is 26.7 Å². The van der Waals surface area contributed by atoms with E-state index in [4.69, 9.17) is 17.2 Å². The second-order valence-corrected chi connectivity index (χ2v) is 17.4. The van der Waals surface area contributed by atoms with Crippen LogP contribution in [0.15, 0.2) is 24.3 Å². The van der Waals surface area contributed by atoms with Crippen molar-refractivity contribution in [3.63, 3.8) is 0 Å². The van der Waals surface area contributed by atoms with E-state index in [1.807, 2.05) is 6.92 Å². The Morgan fingerprint density at radius 3 is 2.10 bits per heavy atom. The van der Waals surface area contributed by atoms with Crippen LogP contribution < -0.4 is 38.5 Å². The van der Waals surface area contributed by atoms with Gasteiger partial charge in [-0.25, -0.2) is 0 Å². The van der Waals surface area contributed by atoms with E-state index < -0.39 is 157 Å². The highest BCUT2D eigenvalue weighted by atomic mass is 16.3. The van der Waals surface area contributed by atoms with E-state index in [0.29, 0.717) is 31.2 Å². The SMILES string of the molecule is CCCC[C@H](CC(=O)CN(C)C(=O)[C@@H]1CCC(=O)NCC(=O)C[C@@H](Cc2ccc(O)cc2)C(=O)N[C@@H]([C@@H](C)CC)C(=O)C[C@@H](CCC(N)=O)C(=O)N[C@@H](CC(N)=O)C(=O)C1)C(=O)NCC(N)=O. The molecule has 1 aromatic carbocycles. The Kier molecular flexibility index (Phi) is 24.1. The average Bonchev–Trinajstić information content (AvgIpc) is 3.26. The summed E-state index contributed by atoms with van der Waals surface area (Å²) in [4.78, 5) is 160. The molecule has 7 atom stereocenters. The number of benzene rings is 1. The van der Waals surface area contributed by atoms with Crippen molar-refractivity contribution >= 4 is 70.4 Å². The number of unbranched alkanes of at least 4 members (excludes halogenated alkanes) is 1. The molecule has 1 fully saturated rings. The van der Waals surface area contributed by atoms with E-state index in [-0.39, 0.29) is 44.3 Å². The first kappa shape index (κ1) is 56.6. The van der Waals surface area contributed by atoms with Crippen LogP contribution in [0.4, 0.5) is 0 Å². The number of primary amides is 3. The Bertz CT molecular complexity index is 1970. The largest absolute Gasteiger partial charge is 0.508 e. The molecule has 0 saturated carbocycles. The maximum atomic E-state index is 14.1. The van der Waals surface area contributed by atoms with E-state index in [1.165, 1.54) is 19.2 Å². The minimum atomic E-state index is -1.65. The number of amides is 8. The predicted octanol–water partition coefficient (Wildman–Crippen LogP) is -0.447. The number of carbonyl (C=O) groups excluding carboxylic acids is 12. The third-order valence-electron chi connectivity index (χ3n) is 11.8. The lowest BCUT2D eigenvalue weighted by molar-refractivity contribution is -0.141. The third-order valence-corrected chi connectivity index (χ3v) is 11.8. The number of Topliss-reactive ketones (excluding diaryl/α,β-unsaturated/α-hetero) is 4. The molecule has 21 heteroatoms. The lowest BCUT2D eigenvalue weighted by Gasteiger charge is -2.28. The summed E-state index contributed by atoms with van der Waals surface area (Å²) in [5.41, 5.74) is 16.6. The summed E-state index contributed by atoms with van der Waals surface area (Å²) in [6.45, 7) is 3.86. The summed E-state index contributed by atoms with van der Waals surface area (Å²) in [6, 6.07) is 3.08. The molecule has 8 amide bonds. The van der Waals surface area contributed by atoms with Gasteiger partial charge in [0, 0.05) is 69.2 Å².